The minimum atomic E-state index is -0.710. The number of aromatic amines is 1. The summed E-state index contributed by atoms with van der Waals surface area (Å²) in [4.78, 5) is 27.4. The fourth-order valence-corrected chi connectivity index (χ4v) is 1.74. The van der Waals surface area contributed by atoms with Gasteiger partial charge in [0.2, 0.25) is 11.6 Å². The molecule has 0 saturated heterocycles. The lowest BCUT2D eigenvalue weighted by Crippen LogP contribution is -2.08. The van der Waals surface area contributed by atoms with Gasteiger partial charge in [-0.3, -0.25) is 14.9 Å². The fourth-order valence-electron chi connectivity index (χ4n) is 1.28. The molecule has 7 nitrogen and oxygen atoms in total. The molecule has 1 N–H and O–H groups in total. The number of rotatable bonds is 3. The molecule has 1 aromatic heterocycles. The molecule has 0 aliphatic heterocycles. The smallest absolute Gasteiger partial charge is 0.313 e. The molecular weight excluding hydrogens is 332 g/mol. The van der Waals surface area contributed by atoms with Crippen molar-refractivity contribution in [1.29, 1.82) is 0 Å². The summed E-state index contributed by atoms with van der Waals surface area (Å²) in [6.07, 6.45) is 1.05. The predicted molar refractivity (Wildman–Crippen MR) is 73.1 cm³/mol. The van der Waals surface area contributed by atoms with E-state index in [2.05, 4.69) is 9.97 Å². The topological polar surface area (TPSA) is 98.1 Å². The maximum atomic E-state index is 11.3. The number of aromatic nitrogens is 2. The number of nitrogens with zero attached hydrogens (tertiary/aromatic N) is 2. The second-order valence-corrected chi connectivity index (χ2v) is 4.64. The lowest BCUT2D eigenvalue weighted by atomic mass is 10.3. The van der Waals surface area contributed by atoms with E-state index in [0.717, 1.165) is 18.5 Å². The first kappa shape index (κ1) is 14.6. The molecule has 0 aliphatic carbocycles. The van der Waals surface area contributed by atoms with Crippen LogP contribution in [0.4, 0.5) is 5.69 Å². The maximum Gasteiger partial charge on any atom is 0.313 e. The molecule has 10 heteroatoms. The average Bonchev–Trinajstić information content (AvgIpc) is 2.38. The summed E-state index contributed by atoms with van der Waals surface area (Å²) in [5.74, 6) is -0.513. The van der Waals surface area contributed by atoms with Crippen molar-refractivity contribution in [3.8, 4) is 11.6 Å². The number of hydrogen-bond donors (Lipinski definition) is 1. The lowest BCUT2D eigenvalue weighted by Gasteiger charge is -2.07. The first-order valence-electron chi connectivity index (χ1n) is 4.94. The van der Waals surface area contributed by atoms with Crippen LogP contribution in [0.3, 0.4) is 0 Å². The quantitative estimate of drug-likeness (QED) is 0.684. The van der Waals surface area contributed by atoms with Crippen LogP contribution in [0.25, 0.3) is 0 Å². The number of ether oxygens (including phenoxy) is 1. The summed E-state index contributed by atoms with van der Waals surface area (Å²) >= 11 is 17.2. The van der Waals surface area contributed by atoms with Crippen molar-refractivity contribution in [2.75, 3.05) is 0 Å². The molecule has 0 amide bonds. The van der Waals surface area contributed by atoms with Crippen molar-refractivity contribution in [2.24, 2.45) is 0 Å². The van der Waals surface area contributed by atoms with Gasteiger partial charge in [0.25, 0.3) is 5.56 Å². The Labute approximate surface area is 126 Å². The molecule has 0 fully saturated rings. The van der Waals surface area contributed by atoms with Gasteiger partial charge >= 0.3 is 5.69 Å². The highest BCUT2D eigenvalue weighted by Crippen LogP contribution is 2.38. The molecular formula is C10H4Cl3N3O4. The lowest BCUT2D eigenvalue weighted by molar-refractivity contribution is -0.385. The molecule has 0 unspecified atom stereocenters. The van der Waals surface area contributed by atoms with Crippen LogP contribution in [-0.2, 0) is 0 Å². The van der Waals surface area contributed by atoms with E-state index in [0.29, 0.717) is 0 Å². The first-order valence-corrected chi connectivity index (χ1v) is 6.08. The van der Waals surface area contributed by atoms with Crippen molar-refractivity contribution in [2.45, 2.75) is 0 Å². The van der Waals surface area contributed by atoms with Crippen LogP contribution in [0.1, 0.15) is 0 Å². The standard InChI is InChI=1S/C10H4Cl3N3O4/c11-4-1-6(16(18)19)7(2-5(4)12)20-10-8(13)9(17)14-3-15-10/h1-3H,(H,14,15,17). The van der Waals surface area contributed by atoms with Crippen LogP contribution < -0.4 is 10.3 Å². The molecule has 0 bridgehead atoms. The number of nitro benzene ring substituents is 1. The number of benzene rings is 1. The van der Waals surface area contributed by atoms with E-state index in [1.165, 1.54) is 0 Å². The summed E-state index contributed by atoms with van der Waals surface area (Å²) in [7, 11) is 0. The van der Waals surface area contributed by atoms with E-state index in [9.17, 15) is 14.9 Å². The number of H-pyrrole nitrogens is 1. The zero-order valence-electron chi connectivity index (χ0n) is 9.39. The molecule has 0 radical (unpaired) electrons. The molecule has 0 spiro atoms. The molecule has 0 saturated carbocycles. The van der Waals surface area contributed by atoms with Crippen LogP contribution >= 0.6 is 34.8 Å². The Bertz CT molecular complexity index is 747. The molecule has 0 aliphatic rings. The summed E-state index contributed by atoms with van der Waals surface area (Å²) in [5.41, 5.74) is -1.07. The third-order valence-electron chi connectivity index (χ3n) is 2.17. The molecule has 0 atom stereocenters. The van der Waals surface area contributed by atoms with Gasteiger partial charge in [0.15, 0.2) is 5.02 Å². The third kappa shape index (κ3) is 2.84. The van der Waals surface area contributed by atoms with Crippen LogP contribution in [0.15, 0.2) is 23.3 Å². The zero-order valence-corrected chi connectivity index (χ0v) is 11.7. The van der Waals surface area contributed by atoms with Crippen LogP contribution in [0.5, 0.6) is 11.6 Å². The minimum Gasteiger partial charge on any atom is -0.430 e. The molecule has 2 aromatic rings. The second-order valence-electron chi connectivity index (χ2n) is 3.44. The zero-order chi connectivity index (χ0) is 14.9. The molecule has 1 aromatic carbocycles. The summed E-state index contributed by atoms with van der Waals surface area (Å²) in [6.45, 7) is 0. The highest BCUT2D eigenvalue weighted by molar-refractivity contribution is 6.42. The molecule has 104 valence electrons. The van der Waals surface area contributed by atoms with E-state index in [-0.39, 0.29) is 26.7 Å². The van der Waals surface area contributed by atoms with Crippen molar-refractivity contribution in [1.82, 2.24) is 9.97 Å². The number of nitrogens with one attached hydrogen (secondary N) is 1. The van der Waals surface area contributed by atoms with Gasteiger partial charge in [-0.1, -0.05) is 34.8 Å². The Morgan fingerprint density at radius 2 is 1.90 bits per heavy atom. The first-order chi connectivity index (χ1) is 9.40. The van der Waals surface area contributed by atoms with Crippen molar-refractivity contribution in [3.05, 3.63) is 54.0 Å². The van der Waals surface area contributed by atoms with Crippen molar-refractivity contribution < 1.29 is 9.66 Å². The van der Waals surface area contributed by atoms with Gasteiger partial charge < -0.3 is 9.72 Å². The Morgan fingerprint density at radius 3 is 2.55 bits per heavy atom. The fraction of sp³-hybridized carbons (Fsp3) is 0. The van der Waals surface area contributed by atoms with Crippen LogP contribution in [-0.4, -0.2) is 14.9 Å². The number of nitro groups is 1. The number of halogens is 3. The van der Waals surface area contributed by atoms with Gasteiger partial charge in [0.05, 0.1) is 21.3 Å². The Hall–Kier alpha value is -1.83. The summed E-state index contributed by atoms with van der Waals surface area (Å²) < 4.78 is 5.17. The van der Waals surface area contributed by atoms with Gasteiger partial charge in [-0.05, 0) is 0 Å². The van der Waals surface area contributed by atoms with Crippen molar-refractivity contribution >= 4 is 40.5 Å². The molecule has 1 heterocycles. The van der Waals surface area contributed by atoms with Crippen molar-refractivity contribution in [3.63, 3.8) is 0 Å². The predicted octanol–water partition coefficient (Wildman–Crippen LogP) is 3.43. The van der Waals surface area contributed by atoms with E-state index in [4.69, 9.17) is 39.5 Å². The Morgan fingerprint density at radius 1 is 1.25 bits per heavy atom. The number of hydrogen-bond acceptors (Lipinski definition) is 5. The molecule has 20 heavy (non-hydrogen) atoms. The van der Waals surface area contributed by atoms with Crippen LogP contribution in [0.2, 0.25) is 15.1 Å². The highest BCUT2D eigenvalue weighted by atomic mass is 35.5. The van der Waals surface area contributed by atoms with Crippen LogP contribution in [0, 0.1) is 10.1 Å². The second kappa shape index (κ2) is 5.66. The van der Waals surface area contributed by atoms with Gasteiger partial charge in [0.1, 0.15) is 0 Å². The van der Waals surface area contributed by atoms with E-state index < -0.39 is 16.2 Å². The maximum absolute atomic E-state index is 11.3. The van der Waals surface area contributed by atoms with Gasteiger partial charge in [-0.15, -0.1) is 0 Å². The summed E-state index contributed by atoms with van der Waals surface area (Å²) in [6, 6.07) is 2.17. The monoisotopic (exact) mass is 335 g/mol. The normalized spacial score (nSPS) is 10.3. The summed E-state index contributed by atoms with van der Waals surface area (Å²) in [5, 5.41) is 10.6. The Balaban J connectivity index is 2.53. The van der Waals surface area contributed by atoms with Gasteiger partial charge in [0, 0.05) is 12.1 Å². The SMILES string of the molecule is O=c1[nH]cnc(Oc2cc(Cl)c(Cl)cc2[N+](=O)[O-])c1Cl. The Kier molecular flexibility index (Phi) is 4.12. The van der Waals surface area contributed by atoms with E-state index in [1.807, 2.05) is 0 Å². The highest BCUT2D eigenvalue weighted by Gasteiger charge is 2.21. The molecule has 2 rings (SSSR count). The van der Waals surface area contributed by atoms with E-state index >= 15 is 0 Å². The van der Waals surface area contributed by atoms with E-state index in [1.54, 1.807) is 0 Å². The largest absolute Gasteiger partial charge is 0.430 e. The van der Waals surface area contributed by atoms with Gasteiger partial charge in [-0.25, -0.2) is 4.98 Å². The minimum absolute atomic E-state index is 0.00400. The average molecular weight is 337 g/mol. The van der Waals surface area contributed by atoms with Gasteiger partial charge in [-0.2, -0.15) is 0 Å². The third-order valence-corrected chi connectivity index (χ3v) is 3.23.